The van der Waals surface area contributed by atoms with Gasteiger partial charge in [0.1, 0.15) is 6.33 Å². The highest BCUT2D eigenvalue weighted by molar-refractivity contribution is 9.10. The van der Waals surface area contributed by atoms with E-state index < -0.39 is 0 Å². The van der Waals surface area contributed by atoms with Crippen molar-refractivity contribution in [2.45, 2.75) is 0 Å². The number of benzene rings is 2. The Balaban J connectivity index is 1.66. The zero-order chi connectivity index (χ0) is 15.6. The molecule has 23 heavy (non-hydrogen) atoms. The minimum absolute atomic E-state index is 0.234. The first-order chi connectivity index (χ1) is 11.3. The van der Waals surface area contributed by atoms with Gasteiger partial charge in [0.25, 0.3) is 0 Å². The zero-order valence-corrected chi connectivity index (χ0v) is 13.5. The highest BCUT2D eigenvalue weighted by Crippen LogP contribution is 2.39. The maximum Gasteiger partial charge on any atom is 0.231 e. The lowest BCUT2D eigenvalue weighted by Crippen LogP contribution is -1.94. The number of aromatic nitrogens is 3. The van der Waals surface area contributed by atoms with E-state index in [9.17, 15) is 0 Å². The number of ether oxygens (including phenoxy) is 2. The van der Waals surface area contributed by atoms with Crippen LogP contribution >= 0.6 is 15.9 Å². The van der Waals surface area contributed by atoms with Gasteiger partial charge < -0.3 is 9.47 Å². The molecule has 114 valence electrons. The van der Waals surface area contributed by atoms with Crippen molar-refractivity contribution in [2.75, 3.05) is 6.79 Å². The van der Waals surface area contributed by atoms with Crippen LogP contribution in [0, 0.1) is 0 Å². The molecule has 0 amide bonds. The average molecular weight is 371 g/mol. The second kappa shape index (κ2) is 5.85. The van der Waals surface area contributed by atoms with Crippen molar-refractivity contribution in [1.29, 1.82) is 0 Å². The lowest BCUT2D eigenvalue weighted by Gasteiger charge is -2.02. The summed E-state index contributed by atoms with van der Waals surface area (Å²) < 4.78 is 13.2. The Morgan fingerprint density at radius 3 is 2.91 bits per heavy atom. The van der Waals surface area contributed by atoms with Crippen molar-refractivity contribution in [3.8, 4) is 22.9 Å². The molecule has 0 bridgehead atoms. The Hall–Kier alpha value is -2.67. The van der Waals surface area contributed by atoms with Crippen molar-refractivity contribution in [3.63, 3.8) is 0 Å². The normalized spacial score (nSPS) is 12.9. The van der Waals surface area contributed by atoms with E-state index in [1.54, 1.807) is 17.2 Å². The third-order valence-corrected chi connectivity index (χ3v) is 3.93. The van der Waals surface area contributed by atoms with E-state index in [2.05, 4.69) is 31.2 Å². The van der Waals surface area contributed by atoms with Gasteiger partial charge in [0, 0.05) is 5.56 Å². The van der Waals surface area contributed by atoms with Crippen LogP contribution in [0.3, 0.4) is 0 Å². The molecule has 0 atom stereocenters. The average Bonchev–Trinajstić information content (AvgIpc) is 3.23. The second-order valence-electron chi connectivity index (χ2n) is 4.85. The first-order valence-electron chi connectivity index (χ1n) is 6.90. The minimum Gasteiger partial charge on any atom is -0.454 e. The van der Waals surface area contributed by atoms with Gasteiger partial charge in [-0.05, 0) is 33.6 Å². The SMILES string of the molecule is Brc1cc(/C=N\n2cnnc2-c2ccccc2)cc2c1OCO2. The Bertz CT molecular complexity index is 877. The first kappa shape index (κ1) is 14.0. The monoisotopic (exact) mass is 370 g/mol. The molecule has 1 aromatic heterocycles. The number of nitrogens with zero attached hydrogens (tertiary/aromatic N) is 4. The molecular formula is C16H11BrN4O2. The number of hydrogen-bond acceptors (Lipinski definition) is 5. The number of hydrogen-bond donors (Lipinski definition) is 0. The molecule has 2 aromatic carbocycles. The molecule has 1 aliphatic heterocycles. The second-order valence-corrected chi connectivity index (χ2v) is 5.70. The molecule has 2 heterocycles. The van der Waals surface area contributed by atoms with E-state index in [0.717, 1.165) is 21.3 Å². The molecule has 4 rings (SSSR count). The van der Waals surface area contributed by atoms with Crippen LogP contribution in [0.5, 0.6) is 11.5 Å². The summed E-state index contributed by atoms with van der Waals surface area (Å²) in [5.74, 6) is 2.10. The van der Waals surface area contributed by atoms with Crippen LogP contribution in [0.15, 0.2) is 58.4 Å². The highest BCUT2D eigenvalue weighted by atomic mass is 79.9. The van der Waals surface area contributed by atoms with Crippen LogP contribution in [0.25, 0.3) is 11.4 Å². The summed E-state index contributed by atoms with van der Waals surface area (Å²) in [6.07, 6.45) is 3.30. The number of rotatable bonds is 3. The fraction of sp³-hybridized carbons (Fsp3) is 0.0625. The molecule has 0 unspecified atom stereocenters. The van der Waals surface area contributed by atoms with Gasteiger partial charge in [0.2, 0.25) is 6.79 Å². The first-order valence-corrected chi connectivity index (χ1v) is 7.69. The minimum atomic E-state index is 0.234. The van der Waals surface area contributed by atoms with Crippen LogP contribution in [0.1, 0.15) is 5.56 Å². The van der Waals surface area contributed by atoms with E-state index in [-0.39, 0.29) is 6.79 Å². The van der Waals surface area contributed by atoms with Crippen LogP contribution in [0.4, 0.5) is 0 Å². The number of halogens is 1. The van der Waals surface area contributed by atoms with E-state index in [1.165, 1.54) is 0 Å². The molecule has 6 nitrogen and oxygen atoms in total. The Labute approximate surface area is 140 Å². The molecule has 0 N–H and O–H groups in total. The molecule has 0 saturated carbocycles. The molecule has 0 spiro atoms. The van der Waals surface area contributed by atoms with Gasteiger partial charge in [-0.15, -0.1) is 10.2 Å². The molecule has 0 saturated heterocycles. The lowest BCUT2D eigenvalue weighted by atomic mass is 10.2. The summed E-state index contributed by atoms with van der Waals surface area (Å²) in [5.41, 5.74) is 1.84. The molecule has 0 aliphatic carbocycles. The predicted octanol–water partition coefficient (Wildman–Crippen LogP) is 3.32. The summed E-state index contributed by atoms with van der Waals surface area (Å²) in [7, 11) is 0. The van der Waals surface area contributed by atoms with Gasteiger partial charge in [-0.25, -0.2) is 0 Å². The summed E-state index contributed by atoms with van der Waals surface area (Å²) in [4.78, 5) is 0. The maximum atomic E-state index is 5.40. The van der Waals surface area contributed by atoms with Crippen LogP contribution in [-0.4, -0.2) is 27.9 Å². The quantitative estimate of drug-likeness (QED) is 0.663. The fourth-order valence-electron chi connectivity index (χ4n) is 2.28. The van der Waals surface area contributed by atoms with Gasteiger partial charge in [-0.3, -0.25) is 0 Å². The predicted molar refractivity (Wildman–Crippen MR) is 88.7 cm³/mol. The Morgan fingerprint density at radius 2 is 2.04 bits per heavy atom. The standard InChI is InChI=1S/C16H11BrN4O2/c17-13-6-11(7-14-15(13)23-10-22-14)8-19-21-9-18-20-16(21)12-4-2-1-3-5-12/h1-9H,10H2/b19-8-. The van der Waals surface area contributed by atoms with Crippen molar-refractivity contribution in [1.82, 2.24) is 14.9 Å². The lowest BCUT2D eigenvalue weighted by molar-refractivity contribution is 0.173. The van der Waals surface area contributed by atoms with Gasteiger partial charge in [-0.1, -0.05) is 30.3 Å². The third kappa shape index (κ3) is 2.70. The van der Waals surface area contributed by atoms with Crippen LogP contribution < -0.4 is 9.47 Å². The van der Waals surface area contributed by atoms with Gasteiger partial charge in [-0.2, -0.15) is 9.78 Å². The molecular weight excluding hydrogens is 360 g/mol. The summed E-state index contributed by atoms with van der Waals surface area (Å²) in [6.45, 7) is 0.234. The molecule has 1 aliphatic rings. The van der Waals surface area contributed by atoms with E-state index in [1.807, 2.05) is 42.5 Å². The van der Waals surface area contributed by atoms with Crippen molar-refractivity contribution in [3.05, 3.63) is 58.8 Å². The van der Waals surface area contributed by atoms with Gasteiger partial charge >= 0.3 is 0 Å². The fourth-order valence-corrected chi connectivity index (χ4v) is 2.86. The summed E-state index contributed by atoms with van der Waals surface area (Å²) in [5, 5.41) is 12.5. The molecule has 3 aromatic rings. The summed E-state index contributed by atoms with van der Waals surface area (Å²) in [6, 6.07) is 13.6. The third-order valence-electron chi connectivity index (χ3n) is 3.34. The molecule has 0 radical (unpaired) electrons. The largest absolute Gasteiger partial charge is 0.454 e. The van der Waals surface area contributed by atoms with Gasteiger partial charge in [0.15, 0.2) is 17.3 Å². The molecule has 7 heteroatoms. The van der Waals surface area contributed by atoms with E-state index in [0.29, 0.717) is 11.6 Å². The topological polar surface area (TPSA) is 61.5 Å². The Kier molecular flexibility index (Phi) is 3.55. The van der Waals surface area contributed by atoms with Crippen molar-refractivity contribution >= 4 is 22.1 Å². The van der Waals surface area contributed by atoms with Crippen LogP contribution in [0.2, 0.25) is 0 Å². The zero-order valence-electron chi connectivity index (χ0n) is 11.9. The smallest absolute Gasteiger partial charge is 0.231 e. The highest BCUT2D eigenvalue weighted by Gasteiger charge is 2.17. The van der Waals surface area contributed by atoms with Crippen LogP contribution in [-0.2, 0) is 0 Å². The van der Waals surface area contributed by atoms with Crippen molar-refractivity contribution in [2.24, 2.45) is 5.10 Å². The van der Waals surface area contributed by atoms with E-state index in [4.69, 9.17) is 9.47 Å². The molecule has 0 fully saturated rings. The Morgan fingerprint density at radius 1 is 1.17 bits per heavy atom. The number of fused-ring (bicyclic) bond motifs is 1. The van der Waals surface area contributed by atoms with Gasteiger partial charge in [0.05, 0.1) is 10.7 Å². The summed E-state index contributed by atoms with van der Waals surface area (Å²) >= 11 is 3.47. The van der Waals surface area contributed by atoms with Crippen molar-refractivity contribution < 1.29 is 9.47 Å². The maximum absolute atomic E-state index is 5.40. The van der Waals surface area contributed by atoms with E-state index >= 15 is 0 Å².